The lowest BCUT2D eigenvalue weighted by molar-refractivity contribution is 0.570. The molecule has 7 heteroatoms. The number of aromatic amines is 1. The van der Waals surface area contributed by atoms with Gasteiger partial charge >= 0.3 is 0 Å². The summed E-state index contributed by atoms with van der Waals surface area (Å²) in [6.07, 6.45) is 0. The molecule has 0 amide bonds. The van der Waals surface area contributed by atoms with E-state index in [9.17, 15) is 13.6 Å². The molecule has 0 radical (unpaired) electrons. The minimum Gasteiger partial charge on any atom is -0.309 e. The Morgan fingerprint density at radius 2 is 1.89 bits per heavy atom. The fourth-order valence-corrected chi connectivity index (χ4v) is 2.99. The number of halogens is 2. The molecule has 0 aliphatic rings. The zero-order chi connectivity index (χ0) is 20.4. The Bertz CT molecular complexity index is 1160. The molecule has 1 atom stereocenters. The van der Waals surface area contributed by atoms with E-state index in [1.54, 1.807) is 31.2 Å². The van der Waals surface area contributed by atoms with Gasteiger partial charge in [0.2, 0.25) is 0 Å². The summed E-state index contributed by atoms with van der Waals surface area (Å²) in [7, 11) is 0. The highest BCUT2D eigenvalue weighted by Gasteiger charge is 2.24. The first-order chi connectivity index (χ1) is 13.3. The van der Waals surface area contributed by atoms with Crippen LogP contribution in [-0.2, 0) is 0 Å². The number of aromatic nitrogens is 2. The maximum atomic E-state index is 14.3. The molecule has 2 N–H and O–H groups in total. The molecule has 0 fully saturated rings. The molecule has 5 nitrogen and oxygen atoms in total. The average molecular weight is 378 g/mol. The van der Waals surface area contributed by atoms with Crippen LogP contribution < -0.4 is 5.56 Å². The van der Waals surface area contributed by atoms with E-state index in [-0.39, 0.29) is 17.1 Å². The number of rotatable bonds is 4. The Morgan fingerprint density at radius 3 is 2.46 bits per heavy atom. The number of H-pyrrole nitrogens is 1. The van der Waals surface area contributed by atoms with Crippen LogP contribution in [0, 0.1) is 35.3 Å². The van der Waals surface area contributed by atoms with Crippen molar-refractivity contribution in [3.8, 4) is 17.3 Å². The van der Waals surface area contributed by atoms with Crippen molar-refractivity contribution in [1.29, 1.82) is 10.7 Å². The Labute approximate surface area is 159 Å². The molecule has 3 aromatic rings. The van der Waals surface area contributed by atoms with E-state index in [1.807, 2.05) is 6.07 Å². The Morgan fingerprint density at radius 1 is 1.21 bits per heavy atom. The van der Waals surface area contributed by atoms with E-state index in [1.165, 1.54) is 13.0 Å². The second-order valence-electron chi connectivity index (χ2n) is 6.40. The number of nitrogens with one attached hydrogen (secondary N) is 2. The molecule has 3 rings (SSSR count). The van der Waals surface area contributed by atoms with E-state index in [4.69, 9.17) is 10.7 Å². The summed E-state index contributed by atoms with van der Waals surface area (Å²) in [4.78, 5) is 19.6. The molecule has 0 saturated heterocycles. The second-order valence-corrected chi connectivity index (χ2v) is 6.40. The summed E-state index contributed by atoms with van der Waals surface area (Å²) in [5.74, 6) is -2.43. The average Bonchev–Trinajstić information content (AvgIpc) is 2.66. The molecular formula is C21H16F2N4O. The van der Waals surface area contributed by atoms with Gasteiger partial charge in [-0.1, -0.05) is 18.2 Å². The first-order valence-electron chi connectivity index (χ1n) is 8.43. The minimum absolute atomic E-state index is 0.0447. The van der Waals surface area contributed by atoms with Gasteiger partial charge in [0, 0.05) is 28.5 Å². The predicted molar refractivity (Wildman–Crippen MR) is 101 cm³/mol. The van der Waals surface area contributed by atoms with Gasteiger partial charge in [0.1, 0.15) is 17.5 Å². The summed E-state index contributed by atoms with van der Waals surface area (Å²) in [5.41, 5.74) is 1.48. The van der Waals surface area contributed by atoms with Crippen molar-refractivity contribution in [3.63, 3.8) is 0 Å². The van der Waals surface area contributed by atoms with Gasteiger partial charge in [-0.3, -0.25) is 4.79 Å². The zero-order valence-electron chi connectivity index (χ0n) is 15.2. The highest BCUT2D eigenvalue weighted by atomic mass is 19.1. The van der Waals surface area contributed by atoms with Crippen molar-refractivity contribution in [2.75, 3.05) is 0 Å². The van der Waals surface area contributed by atoms with Crippen molar-refractivity contribution < 1.29 is 8.78 Å². The molecule has 140 valence electrons. The Kier molecular flexibility index (Phi) is 5.14. The molecule has 0 saturated carbocycles. The molecule has 1 heterocycles. The fraction of sp³-hybridized carbons (Fsp3) is 0.143. The zero-order valence-corrected chi connectivity index (χ0v) is 15.2. The topological polar surface area (TPSA) is 93.4 Å². The number of benzene rings is 2. The minimum atomic E-state index is -0.967. The van der Waals surface area contributed by atoms with Crippen LogP contribution in [0.4, 0.5) is 8.78 Å². The maximum Gasteiger partial charge on any atom is 0.254 e. The lowest BCUT2D eigenvalue weighted by Gasteiger charge is -2.18. The van der Waals surface area contributed by atoms with Crippen LogP contribution in [-0.4, -0.2) is 15.7 Å². The lowest BCUT2D eigenvalue weighted by atomic mass is 9.93. The van der Waals surface area contributed by atoms with E-state index in [0.717, 1.165) is 12.1 Å². The number of hydrogen-bond acceptors (Lipinski definition) is 4. The normalized spacial score (nSPS) is 11.7. The lowest BCUT2D eigenvalue weighted by Crippen LogP contribution is -2.22. The third-order valence-electron chi connectivity index (χ3n) is 4.44. The van der Waals surface area contributed by atoms with Gasteiger partial charge in [-0.05, 0) is 32.0 Å². The van der Waals surface area contributed by atoms with E-state index in [2.05, 4.69) is 9.97 Å². The van der Waals surface area contributed by atoms with Gasteiger partial charge < -0.3 is 10.4 Å². The summed E-state index contributed by atoms with van der Waals surface area (Å²) >= 11 is 0. The Hall–Kier alpha value is -3.66. The summed E-state index contributed by atoms with van der Waals surface area (Å²) in [6.45, 7) is 3.07. The predicted octanol–water partition coefficient (Wildman–Crippen LogP) is 4.07. The van der Waals surface area contributed by atoms with Gasteiger partial charge in [-0.2, -0.15) is 5.26 Å². The first kappa shape index (κ1) is 19.1. The fourth-order valence-electron chi connectivity index (χ4n) is 2.99. The molecule has 0 spiro atoms. The van der Waals surface area contributed by atoms with Crippen molar-refractivity contribution in [2.45, 2.75) is 19.8 Å². The van der Waals surface area contributed by atoms with Crippen LogP contribution in [0.3, 0.4) is 0 Å². The molecule has 1 aromatic heterocycles. The van der Waals surface area contributed by atoms with Crippen molar-refractivity contribution in [2.24, 2.45) is 0 Å². The van der Waals surface area contributed by atoms with Crippen molar-refractivity contribution in [1.82, 2.24) is 9.97 Å². The molecule has 0 aliphatic carbocycles. The number of hydrogen-bond donors (Lipinski definition) is 2. The third kappa shape index (κ3) is 3.58. The summed E-state index contributed by atoms with van der Waals surface area (Å²) in [6, 6.07) is 11.7. The molecule has 0 aliphatic heterocycles. The van der Waals surface area contributed by atoms with Crippen molar-refractivity contribution in [3.05, 3.63) is 87.0 Å². The first-order valence-corrected chi connectivity index (χ1v) is 8.43. The highest BCUT2D eigenvalue weighted by molar-refractivity contribution is 5.88. The van der Waals surface area contributed by atoms with Crippen LogP contribution in [0.1, 0.15) is 35.4 Å². The monoisotopic (exact) mass is 378 g/mol. The van der Waals surface area contributed by atoms with Gasteiger partial charge in [-0.25, -0.2) is 13.8 Å². The molecule has 2 aromatic carbocycles. The van der Waals surface area contributed by atoms with Gasteiger partial charge in [0.05, 0.1) is 23.2 Å². The van der Waals surface area contributed by atoms with Crippen molar-refractivity contribution >= 4 is 5.71 Å². The highest BCUT2D eigenvalue weighted by Crippen LogP contribution is 2.28. The Balaban J connectivity index is 2.20. The van der Waals surface area contributed by atoms with E-state index >= 15 is 0 Å². The largest absolute Gasteiger partial charge is 0.309 e. The van der Waals surface area contributed by atoms with Crippen LogP contribution >= 0.6 is 0 Å². The van der Waals surface area contributed by atoms with Gasteiger partial charge in [-0.15, -0.1) is 0 Å². The van der Waals surface area contributed by atoms with Crippen LogP contribution in [0.5, 0.6) is 0 Å². The number of nitriles is 1. The molecule has 28 heavy (non-hydrogen) atoms. The standard InChI is InChI=1S/C21H16F2N4O/c1-11-19(14-5-3-13(10-24)4-6-14)26-20(27-21(11)28)18(12(2)25)16-8-7-15(22)9-17(16)23/h3-9,18,25H,1-2H3,(H,26,27,28). The SMILES string of the molecule is CC(=N)C(c1nc(-c2ccc(C#N)cc2)c(C)c(=O)[nH]1)c1ccc(F)cc1F. The maximum absolute atomic E-state index is 14.3. The smallest absolute Gasteiger partial charge is 0.254 e. The number of nitrogens with zero attached hydrogens (tertiary/aromatic N) is 2. The van der Waals surface area contributed by atoms with Gasteiger partial charge in [0.15, 0.2) is 0 Å². The molecular weight excluding hydrogens is 362 g/mol. The molecule has 0 bridgehead atoms. The quantitative estimate of drug-likeness (QED) is 0.670. The van der Waals surface area contributed by atoms with Crippen LogP contribution in [0.15, 0.2) is 47.3 Å². The van der Waals surface area contributed by atoms with Crippen LogP contribution in [0.2, 0.25) is 0 Å². The third-order valence-corrected chi connectivity index (χ3v) is 4.44. The second kappa shape index (κ2) is 7.53. The van der Waals surface area contributed by atoms with Gasteiger partial charge in [0.25, 0.3) is 5.56 Å². The molecule has 1 unspecified atom stereocenters. The summed E-state index contributed by atoms with van der Waals surface area (Å²) < 4.78 is 27.6. The van der Waals surface area contributed by atoms with Crippen LogP contribution in [0.25, 0.3) is 11.3 Å². The summed E-state index contributed by atoms with van der Waals surface area (Å²) in [5, 5.41) is 17.0. The van der Waals surface area contributed by atoms with E-state index in [0.29, 0.717) is 22.4 Å². The van der Waals surface area contributed by atoms with E-state index < -0.39 is 23.1 Å².